The highest BCUT2D eigenvalue weighted by Gasteiger charge is 2.14. The summed E-state index contributed by atoms with van der Waals surface area (Å²) in [7, 11) is 3.22. The highest BCUT2D eigenvalue weighted by Crippen LogP contribution is 2.16. The zero-order valence-electron chi connectivity index (χ0n) is 11.8. The summed E-state index contributed by atoms with van der Waals surface area (Å²) in [5.41, 5.74) is 6.13. The minimum Gasteiger partial charge on any atom is -0.399 e. The Bertz CT molecular complexity index is 517. The topological polar surface area (TPSA) is 87.5 Å². The zero-order valence-corrected chi connectivity index (χ0v) is 11.8. The van der Waals surface area contributed by atoms with Crippen molar-refractivity contribution in [3.05, 3.63) is 29.1 Å². The zero-order chi connectivity index (χ0) is 15.3. The van der Waals surface area contributed by atoms with Crippen LogP contribution in [0.15, 0.2) is 12.1 Å². The van der Waals surface area contributed by atoms with Crippen molar-refractivity contribution in [2.24, 2.45) is 0 Å². The van der Waals surface area contributed by atoms with E-state index in [1.54, 1.807) is 21.0 Å². The first kappa shape index (κ1) is 15.7. The maximum absolute atomic E-state index is 13.8. The number of rotatable bonds is 4. The molecule has 0 heterocycles. The van der Waals surface area contributed by atoms with Gasteiger partial charge in [0.15, 0.2) is 0 Å². The second-order valence-electron chi connectivity index (χ2n) is 4.58. The van der Waals surface area contributed by atoms with Crippen LogP contribution < -0.4 is 16.4 Å². The molecule has 0 spiro atoms. The first-order chi connectivity index (χ1) is 9.32. The fraction of sp³-hybridized carbons (Fsp3) is 0.385. The lowest BCUT2D eigenvalue weighted by Crippen LogP contribution is -2.39. The number of hydrogen-bond acceptors (Lipinski definition) is 3. The van der Waals surface area contributed by atoms with Gasteiger partial charge < -0.3 is 21.3 Å². The van der Waals surface area contributed by atoms with Crippen molar-refractivity contribution < 1.29 is 14.0 Å². The summed E-state index contributed by atoms with van der Waals surface area (Å²) >= 11 is 0. The molecule has 6 nitrogen and oxygen atoms in total. The summed E-state index contributed by atoms with van der Waals surface area (Å²) < 4.78 is 13.8. The number of urea groups is 1. The van der Waals surface area contributed by atoms with Crippen LogP contribution in [-0.4, -0.2) is 44.0 Å². The van der Waals surface area contributed by atoms with Crippen LogP contribution >= 0.6 is 0 Å². The van der Waals surface area contributed by atoms with Crippen LogP contribution in [0.25, 0.3) is 0 Å². The molecule has 7 heteroatoms. The Morgan fingerprint density at radius 2 is 1.85 bits per heavy atom. The number of aryl methyl sites for hydroxylation is 1. The number of nitrogens with two attached hydrogens (primary N) is 1. The molecular formula is C13H19FN4O2. The van der Waals surface area contributed by atoms with Gasteiger partial charge in [-0.05, 0) is 24.6 Å². The molecule has 0 bridgehead atoms. The quantitative estimate of drug-likeness (QED) is 0.561. The Hall–Kier alpha value is -2.31. The van der Waals surface area contributed by atoms with E-state index in [9.17, 15) is 14.0 Å². The van der Waals surface area contributed by atoms with Gasteiger partial charge in [-0.25, -0.2) is 9.18 Å². The summed E-state index contributed by atoms with van der Waals surface area (Å²) in [4.78, 5) is 24.4. The van der Waals surface area contributed by atoms with Crippen LogP contribution in [0.5, 0.6) is 0 Å². The van der Waals surface area contributed by atoms with Gasteiger partial charge in [0, 0.05) is 32.9 Å². The van der Waals surface area contributed by atoms with Crippen molar-refractivity contribution >= 4 is 17.6 Å². The monoisotopic (exact) mass is 282 g/mol. The van der Waals surface area contributed by atoms with Gasteiger partial charge in [-0.1, -0.05) is 0 Å². The number of nitrogens with zero attached hydrogens (tertiary/aromatic N) is 1. The molecule has 1 rings (SSSR count). The van der Waals surface area contributed by atoms with Gasteiger partial charge >= 0.3 is 6.03 Å². The Balaban J connectivity index is 2.54. The maximum atomic E-state index is 13.8. The van der Waals surface area contributed by atoms with Gasteiger partial charge in [0.25, 0.3) is 5.91 Å². The molecule has 110 valence electrons. The number of amides is 3. The molecule has 0 atom stereocenters. The van der Waals surface area contributed by atoms with E-state index in [0.29, 0.717) is 11.3 Å². The first-order valence-electron chi connectivity index (χ1n) is 6.12. The second kappa shape index (κ2) is 6.74. The molecule has 4 N–H and O–H groups in total. The second-order valence-corrected chi connectivity index (χ2v) is 4.58. The molecule has 0 aliphatic rings. The van der Waals surface area contributed by atoms with Crippen molar-refractivity contribution in [1.82, 2.24) is 15.5 Å². The number of anilines is 1. The molecule has 3 amide bonds. The van der Waals surface area contributed by atoms with Gasteiger partial charge in [-0.15, -0.1) is 0 Å². The number of nitrogen functional groups attached to an aromatic ring is 1. The molecule has 0 saturated carbocycles. The molecule has 0 aliphatic heterocycles. The van der Waals surface area contributed by atoms with E-state index in [4.69, 9.17) is 5.73 Å². The highest BCUT2D eigenvalue weighted by atomic mass is 19.1. The van der Waals surface area contributed by atoms with Crippen LogP contribution in [0.2, 0.25) is 0 Å². The van der Waals surface area contributed by atoms with Crippen LogP contribution in [0, 0.1) is 12.7 Å². The van der Waals surface area contributed by atoms with Crippen LogP contribution in [0.1, 0.15) is 15.9 Å². The fourth-order valence-corrected chi connectivity index (χ4v) is 1.56. The van der Waals surface area contributed by atoms with Gasteiger partial charge in [0.05, 0.1) is 5.56 Å². The standard InChI is InChI=1S/C13H19FN4O2/c1-8-6-9(15)7-10(11(8)14)12(19)16-4-5-17-13(20)18(2)3/h6-7H,4-5,15H2,1-3H3,(H,16,19)(H,17,20). The molecular weight excluding hydrogens is 263 g/mol. The fourth-order valence-electron chi connectivity index (χ4n) is 1.56. The maximum Gasteiger partial charge on any atom is 0.316 e. The SMILES string of the molecule is Cc1cc(N)cc(C(=O)NCCNC(=O)N(C)C)c1F. The lowest BCUT2D eigenvalue weighted by atomic mass is 10.1. The Labute approximate surface area is 117 Å². The summed E-state index contributed by atoms with van der Waals surface area (Å²) in [6, 6.07) is 2.49. The molecule has 0 aromatic heterocycles. The third kappa shape index (κ3) is 4.11. The number of hydrogen-bond donors (Lipinski definition) is 3. The van der Waals surface area contributed by atoms with Crippen molar-refractivity contribution in [3.8, 4) is 0 Å². The van der Waals surface area contributed by atoms with Crippen molar-refractivity contribution in [1.29, 1.82) is 0 Å². The van der Waals surface area contributed by atoms with Crippen LogP contribution in [0.4, 0.5) is 14.9 Å². The minimum atomic E-state index is -0.589. The Kier molecular flexibility index (Phi) is 5.31. The summed E-state index contributed by atoms with van der Waals surface area (Å²) in [5.74, 6) is -1.15. The molecule has 20 heavy (non-hydrogen) atoms. The van der Waals surface area contributed by atoms with E-state index in [2.05, 4.69) is 10.6 Å². The predicted molar refractivity (Wildman–Crippen MR) is 75.0 cm³/mol. The van der Waals surface area contributed by atoms with Crippen molar-refractivity contribution in [2.75, 3.05) is 32.9 Å². The smallest absolute Gasteiger partial charge is 0.316 e. The van der Waals surface area contributed by atoms with Crippen LogP contribution in [0.3, 0.4) is 0 Å². The van der Waals surface area contributed by atoms with E-state index in [1.165, 1.54) is 17.0 Å². The van der Waals surface area contributed by atoms with E-state index in [0.717, 1.165) is 0 Å². The molecule has 0 saturated heterocycles. The van der Waals surface area contributed by atoms with Gasteiger partial charge in [0.1, 0.15) is 5.82 Å². The number of carbonyl (C=O) groups is 2. The third-order valence-corrected chi connectivity index (χ3v) is 2.61. The van der Waals surface area contributed by atoms with E-state index in [1.807, 2.05) is 0 Å². The normalized spacial score (nSPS) is 10.0. The largest absolute Gasteiger partial charge is 0.399 e. The van der Waals surface area contributed by atoms with Gasteiger partial charge in [-0.3, -0.25) is 4.79 Å². The number of halogens is 1. The average Bonchev–Trinajstić information content (AvgIpc) is 2.38. The summed E-state index contributed by atoms with van der Waals surface area (Å²) in [6.45, 7) is 2.00. The molecule has 1 aromatic carbocycles. The Morgan fingerprint density at radius 3 is 2.45 bits per heavy atom. The Morgan fingerprint density at radius 1 is 1.25 bits per heavy atom. The minimum absolute atomic E-state index is 0.0959. The summed E-state index contributed by atoms with van der Waals surface area (Å²) in [5, 5.41) is 5.10. The highest BCUT2D eigenvalue weighted by molar-refractivity contribution is 5.95. The lowest BCUT2D eigenvalue weighted by molar-refractivity contribution is 0.0949. The number of benzene rings is 1. The van der Waals surface area contributed by atoms with E-state index < -0.39 is 11.7 Å². The van der Waals surface area contributed by atoms with Crippen molar-refractivity contribution in [3.63, 3.8) is 0 Å². The van der Waals surface area contributed by atoms with Crippen molar-refractivity contribution in [2.45, 2.75) is 6.92 Å². The average molecular weight is 282 g/mol. The number of carbonyl (C=O) groups excluding carboxylic acids is 2. The molecule has 0 unspecified atom stereocenters. The van der Waals surface area contributed by atoms with Crippen LogP contribution in [-0.2, 0) is 0 Å². The molecule has 0 fully saturated rings. The van der Waals surface area contributed by atoms with E-state index >= 15 is 0 Å². The first-order valence-corrected chi connectivity index (χ1v) is 6.12. The van der Waals surface area contributed by atoms with Gasteiger partial charge in [-0.2, -0.15) is 0 Å². The molecule has 0 radical (unpaired) electrons. The third-order valence-electron chi connectivity index (χ3n) is 2.61. The lowest BCUT2D eigenvalue weighted by Gasteiger charge is -2.12. The molecule has 1 aromatic rings. The molecule has 0 aliphatic carbocycles. The summed E-state index contributed by atoms with van der Waals surface area (Å²) in [6.07, 6.45) is 0. The predicted octanol–water partition coefficient (Wildman–Crippen LogP) is 0.717. The number of nitrogens with one attached hydrogen (secondary N) is 2. The van der Waals surface area contributed by atoms with E-state index in [-0.39, 0.29) is 24.7 Å². The van der Waals surface area contributed by atoms with Gasteiger partial charge in [0.2, 0.25) is 0 Å².